The second-order valence-corrected chi connectivity index (χ2v) is 12.9. The molecule has 0 aliphatic heterocycles. The van der Waals surface area contributed by atoms with E-state index in [9.17, 15) is 9.59 Å². The van der Waals surface area contributed by atoms with E-state index in [0.717, 1.165) is 33.0 Å². The molecule has 0 saturated heterocycles. The molecule has 8 heteroatoms. The fraction of sp³-hybridized carbons (Fsp3) is 0. The van der Waals surface area contributed by atoms with Crippen molar-refractivity contribution < 1.29 is 9.59 Å². The minimum absolute atomic E-state index is 0.275. The van der Waals surface area contributed by atoms with Gasteiger partial charge in [0.1, 0.15) is 0 Å². The predicted octanol–water partition coefficient (Wildman–Crippen LogP) is 10.4. The van der Waals surface area contributed by atoms with Crippen LogP contribution in [0.4, 0.5) is 11.4 Å². The largest absolute Gasteiger partial charge is 0.320 e. The minimum Gasteiger partial charge on any atom is -0.320 e. The molecule has 0 spiro atoms. The molecular weight excluding hydrogens is 633 g/mol. The van der Waals surface area contributed by atoms with Gasteiger partial charge in [0.15, 0.2) is 0 Å². The molecule has 0 fully saturated rings. The lowest BCUT2D eigenvalue weighted by atomic mass is 9.98. The Morgan fingerprint density at radius 3 is 1.33 bits per heavy atom. The van der Waals surface area contributed by atoms with E-state index >= 15 is 0 Å². The third-order valence-electron chi connectivity index (χ3n) is 8.17. The molecule has 4 aromatic heterocycles. The number of anilines is 2. The van der Waals surface area contributed by atoms with Gasteiger partial charge in [0.25, 0.3) is 11.8 Å². The van der Waals surface area contributed by atoms with Crippen molar-refractivity contribution >= 4 is 67.7 Å². The Balaban J connectivity index is 1.29. The van der Waals surface area contributed by atoms with Gasteiger partial charge < -0.3 is 10.6 Å². The molecule has 4 aromatic carbocycles. The van der Waals surface area contributed by atoms with Crippen molar-refractivity contribution in [1.29, 1.82) is 0 Å². The Morgan fingerprint density at radius 2 is 0.896 bits per heavy atom. The molecule has 8 rings (SSSR count). The van der Waals surface area contributed by atoms with Gasteiger partial charge in [-0.05, 0) is 35.4 Å². The Labute approximate surface area is 284 Å². The van der Waals surface area contributed by atoms with Crippen molar-refractivity contribution in [2.45, 2.75) is 0 Å². The standard InChI is InChI=1S/C40H26N4O2S2/c45-39(43-31-19-7-15-27-17-9-21-41-35(27)31)33-29(25-11-3-1-4-12-25)23-47-37(33)38-34(30(24-48-38)26-13-5-2-6-14-26)40(46)44-32-20-8-16-28-18-10-22-42-36(28)32/h1-24H,(H,43,45)(H,44,46). The SMILES string of the molecule is O=C(Nc1cccc2cccnc12)c1c(-c2ccccc2)csc1-c1scc(-c2ccccc2)c1C(=O)Nc1cccc2cccnc12. The van der Waals surface area contributed by atoms with Gasteiger partial charge in [0.05, 0.1) is 43.3 Å². The van der Waals surface area contributed by atoms with Crippen LogP contribution >= 0.6 is 22.7 Å². The van der Waals surface area contributed by atoms with Crippen LogP contribution in [0, 0.1) is 0 Å². The number of rotatable bonds is 7. The molecule has 0 aliphatic rings. The Bertz CT molecular complexity index is 2270. The van der Waals surface area contributed by atoms with E-state index < -0.39 is 0 Å². The number of nitrogens with one attached hydrogen (secondary N) is 2. The Hall–Kier alpha value is -5.96. The highest BCUT2D eigenvalue weighted by Gasteiger charge is 2.29. The van der Waals surface area contributed by atoms with Crippen molar-refractivity contribution in [3.63, 3.8) is 0 Å². The highest BCUT2D eigenvalue weighted by atomic mass is 32.1. The van der Waals surface area contributed by atoms with Crippen LogP contribution in [0.25, 0.3) is 53.8 Å². The summed E-state index contributed by atoms with van der Waals surface area (Å²) >= 11 is 2.91. The lowest BCUT2D eigenvalue weighted by molar-refractivity contribution is 0.101. The number of benzene rings is 4. The van der Waals surface area contributed by atoms with Crippen LogP contribution in [0.2, 0.25) is 0 Å². The van der Waals surface area contributed by atoms with Crippen molar-refractivity contribution in [1.82, 2.24) is 9.97 Å². The zero-order valence-electron chi connectivity index (χ0n) is 25.4. The van der Waals surface area contributed by atoms with Gasteiger partial charge in [-0.1, -0.05) is 97.1 Å². The summed E-state index contributed by atoms with van der Waals surface area (Å²) in [5, 5.41) is 12.2. The Kier molecular flexibility index (Phi) is 7.78. The highest BCUT2D eigenvalue weighted by Crippen LogP contribution is 2.46. The summed E-state index contributed by atoms with van der Waals surface area (Å²) in [6, 6.07) is 38.9. The van der Waals surface area contributed by atoms with E-state index in [1.165, 1.54) is 22.7 Å². The summed E-state index contributed by atoms with van der Waals surface area (Å²) in [6.07, 6.45) is 3.44. The zero-order chi connectivity index (χ0) is 32.5. The van der Waals surface area contributed by atoms with Crippen LogP contribution in [0.3, 0.4) is 0 Å². The molecule has 230 valence electrons. The molecule has 0 unspecified atom stereocenters. The molecule has 0 aliphatic carbocycles. The van der Waals surface area contributed by atoms with Gasteiger partial charge in [0.2, 0.25) is 0 Å². The van der Waals surface area contributed by atoms with E-state index in [1.807, 2.05) is 132 Å². The number of aromatic nitrogens is 2. The quantitative estimate of drug-likeness (QED) is 0.178. The Morgan fingerprint density at radius 1 is 0.479 bits per heavy atom. The van der Waals surface area contributed by atoms with Gasteiger partial charge >= 0.3 is 0 Å². The number of thiophene rings is 2. The van der Waals surface area contributed by atoms with E-state index in [4.69, 9.17) is 0 Å². The summed E-state index contributed by atoms with van der Waals surface area (Å²) in [5.74, 6) is -0.551. The second-order valence-electron chi connectivity index (χ2n) is 11.1. The first-order chi connectivity index (χ1) is 23.7. The minimum atomic E-state index is -0.275. The molecule has 0 radical (unpaired) electrons. The number of carbonyl (C=O) groups excluding carboxylic acids is 2. The van der Waals surface area contributed by atoms with Crippen molar-refractivity contribution in [3.8, 4) is 32.0 Å². The summed E-state index contributed by atoms with van der Waals surface area (Å²) in [6.45, 7) is 0. The first-order valence-electron chi connectivity index (χ1n) is 15.3. The van der Waals surface area contributed by atoms with E-state index in [0.29, 0.717) is 43.3 Å². The summed E-state index contributed by atoms with van der Waals surface area (Å²) in [4.78, 5) is 39.5. The van der Waals surface area contributed by atoms with Crippen LogP contribution in [0.15, 0.2) is 144 Å². The first kappa shape index (κ1) is 29.4. The number of para-hydroxylation sites is 2. The normalized spacial score (nSPS) is 11.1. The molecule has 0 saturated carbocycles. The fourth-order valence-corrected chi connectivity index (χ4v) is 8.27. The second kappa shape index (κ2) is 12.7. The van der Waals surface area contributed by atoms with Crippen LogP contribution in [0.5, 0.6) is 0 Å². The molecular formula is C40H26N4O2S2. The number of carbonyl (C=O) groups is 2. The molecule has 2 amide bonds. The summed E-state index contributed by atoms with van der Waals surface area (Å²) < 4.78 is 0. The summed E-state index contributed by atoms with van der Waals surface area (Å²) in [7, 11) is 0. The average molecular weight is 659 g/mol. The topological polar surface area (TPSA) is 84.0 Å². The van der Waals surface area contributed by atoms with Crippen LogP contribution in [0.1, 0.15) is 20.7 Å². The monoisotopic (exact) mass is 658 g/mol. The first-order valence-corrected chi connectivity index (χ1v) is 17.1. The van der Waals surface area contributed by atoms with Crippen LogP contribution in [-0.4, -0.2) is 21.8 Å². The number of hydrogen-bond acceptors (Lipinski definition) is 6. The van der Waals surface area contributed by atoms with E-state index in [2.05, 4.69) is 20.6 Å². The van der Waals surface area contributed by atoms with Gasteiger partial charge in [-0.3, -0.25) is 19.6 Å². The third-order valence-corrected chi connectivity index (χ3v) is 10.3. The van der Waals surface area contributed by atoms with Crippen LogP contribution in [-0.2, 0) is 0 Å². The third kappa shape index (κ3) is 5.43. The highest BCUT2D eigenvalue weighted by molar-refractivity contribution is 7.21. The molecule has 4 heterocycles. The predicted molar refractivity (Wildman–Crippen MR) is 198 cm³/mol. The molecule has 0 bridgehead atoms. The van der Waals surface area contributed by atoms with E-state index in [-0.39, 0.29) is 11.8 Å². The molecule has 48 heavy (non-hydrogen) atoms. The summed E-state index contributed by atoms with van der Waals surface area (Å²) in [5.41, 5.74) is 7.06. The lowest BCUT2D eigenvalue weighted by Gasteiger charge is -2.13. The molecule has 6 nitrogen and oxygen atoms in total. The maximum absolute atomic E-state index is 14.5. The number of nitrogens with zero attached hydrogens (tertiary/aromatic N) is 2. The molecule has 2 N–H and O–H groups in total. The number of pyridine rings is 2. The average Bonchev–Trinajstić information content (AvgIpc) is 3.78. The fourth-order valence-electron chi connectivity index (χ4n) is 5.94. The zero-order valence-corrected chi connectivity index (χ0v) is 27.0. The maximum atomic E-state index is 14.5. The molecule has 8 aromatic rings. The van der Waals surface area contributed by atoms with Crippen LogP contribution < -0.4 is 10.6 Å². The van der Waals surface area contributed by atoms with Crippen molar-refractivity contribution in [3.05, 3.63) is 156 Å². The van der Waals surface area contributed by atoms with Gasteiger partial charge in [-0.15, -0.1) is 22.7 Å². The maximum Gasteiger partial charge on any atom is 0.257 e. The number of hydrogen-bond donors (Lipinski definition) is 2. The van der Waals surface area contributed by atoms with Gasteiger partial charge in [0, 0.05) is 45.1 Å². The number of amides is 2. The van der Waals surface area contributed by atoms with Crippen molar-refractivity contribution in [2.75, 3.05) is 10.6 Å². The van der Waals surface area contributed by atoms with Gasteiger partial charge in [-0.25, -0.2) is 0 Å². The molecule has 0 atom stereocenters. The smallest absolute Gasteiger partial charge is 0.257 e. The van der Waals surface area contributed by atoms with Gasteiger partial charge in [-0.2, -0.15) is 0 Å². The van der Waals surface area contributed by atoms with Crippen molar-refractivity contribution in [2.24, 2.45) is 0 Å². The lowest BCUT2D eigenvalue weighted by Crippen LogP contribution is -2.15. The number of fused-ring (bicyclic) bond motifs is 2. The van der Waals surface area contributed by atoms with E-state index in [1.54, 1.807) is 12.4 Å².